The summed E-state index contributed by atoms with van der Waals surface area (Å²) >= 11 is 0. The van der Waals surface area contributed by atoms with Gasteiger partial charge in [0.05, 0.1) is 5.75 Å². The van der Waals surface area contributed by atoms with Crippen LogP contribution in [0.2, 0.25) is 0 Å². The quantitative estimate of drug-likeness (QED) is 0.817. The molecule has 0 aromatic heterocycles. The van der Waals surface area contributed by atoms with Gasteiger partial charge in [-0.15, -0.1) is 0 Å². The van der Waals surface area contributed by atoms with Crippen molar-refractivity contribution >= 4 is 15.7 Å². The number of nitrogen functional groups attached to an aromatic ring is 1. The molecule has 4 nitrogen and oxygen atoms in total. The molecule has 110 valence electrons. The van der Waals surface area contributed by atoms with E-state index < -0.39 is 10.0 Å². The molecule has 2 aliphatic rings. The molecule has 0 radical (unpaired) electrons. The van der Waals surface area contributed by atoms with Crippen LogP contribution in [-0.4, -0.2) is 15.0 Å². The Morgan fingerprint density at radius 3 is 2.75 bits per heavy atom. The molecule has 3 rings (SSSR count). The fourth-order valence-electron chi connectivity index (χ4n) is 3.81. The smallest absolute Gasteiger partial charge is 0.215 e. The molecule has 5 heteroatoms. The number of benzene rings is 1. The van der Waals surface area contributed by atoms with Crippen molar-refractivity contribution in [3.8, 4) is 0 Å². The number of sulfonamides is 1. The average Bonchev–Trinajstić information content (AvgIpc) is 2.98. The number of nitrogens with two attached hydrogens (primary N) is 1. The Hall–Kier alpha value is -1.07. The third-order valence-corrected chi connectivity index (χ3v) is 6.08. The minimum Gasteiger partial charge on any atom is -0.399 e. The standard InChI is InChI=1S/C15H22N2O2S/c16-15-3-1-2-12(8-15)10-20(18,19)17-9-14-7-11-4-5-13(14)6-11/h1-3,8,11,13-14,17H,4-7,9-10,16H2. The van der Waals surface area contributed by atoms with Gasteiger partial charge in [-0.25, -0.2) is 13.1 Å². The second-order valence-corrected chi connectivity index (χ2v) is 8.09. The van der Waals surface area contributed by atoms with Crippen molar-refractivity contribution in [2.75, 3.05) is 12.3 Å². The van der Waals surface area contributed by atoms with E-state index in [2.05, 4.69) is 4.72 Å². The van der Waals surface area contributed by atoms with Crippen molar-refractivity contribution in [3.05, 3.63) is 29.8 Å². The Morgan fingerprint density at radius 1 is 1.25 bits per heavy atom. The van der Waals surface area contributed by atoms with Gasteiger partial charge in [0, 0.05) is 12.2 Å². The molecule has 2 saturated carbocycles. The number of nitrogens with one attached hydrogen (secondary N) is 1. The fraction of sp³-hybridized carbons (Fsp3) is 0.600. The third kappa shape index (κ3) is 3.15. The van der Waals surface area contributed by atoms with Crippen molar-refractivity contribution in [1.82, 2.24) is 4.72 Å². The first-order chi connectivity index (χ1) is 9.52. The van der Waals surface area contributed by atoms with Gasteiger partial charge in [0.25, 0.3) is 0 Å². The van der Waals surface area contributed by atoms with Crippen molar-refractivity contribution in [3.63, 3.8) is 0 Å². The van der Waals surface area contributed by atoms with Crippen LogP contribution in [0.5, 0.6) is 0 Å². The minimum absolute atomic E-state index is 0.0128. The second-order valence-electron chi connectivity index (χ2n) is 6.29. The number of anilines is 1. The SMILES string of the molecule is Nc1cccc(CS(=O)(=O)NCC2CC3CCC2C3)c1. The number of rotatable bonds is 5. The summed E-state index contributed by atoms with van der Waals surface area (Å²) in [5.74, 6) is 2.15. The van der Waals surface area contributed by atoms with Crippen molar-refractivity contribution in [1.29, 1.82) is 0 Å². The van der Waals surface area contributed by atoms with Crippen LogP contribution >= 0.6 is 0 Å². The van der Waals surface area contributed by atoms with Crippen LogP contribution in [0, 0.1) is 17.8 Å². The van der Waals surface area contributed by atoms with Crippen LogP contribution in [0.1, 0.15) is 31.2 Å². The maximum absolute atomic E-state index is 12.1. The summed E-state index contributed by atoms with van der Waals surface area (Å²) in [6, 6.07) is 7.07. The van der Waals surface area contributed by atoms with Gasteiger partial charge in [-0.3, -0.25) is 0 Å². The molecule has 2 aliphatic carbocycles. The Balaban J connectivity index is 1.56. The molecule has 0 aliphatic heterocycles. The second kappa shape index (κ2) is 5.37. The Labute approximate surface area is 120 Å². The summed E-state index contributed by atoms with van der Waals surface area (Å²) in [5.41, 5.74) is 7.02. The summed E-state index contributed by atoms with van der Waals surface area (Å²) in [6.07, 6.45) is 5.14. The zero-order chi connectivity index (χ0) is 14.2. The molecule has 3 N–H and O–H groups in total. The first-order valence-corrected chi connectivity index (χ1v) is 8.99. The van der Waals surface area contributed by atoms with Crippen LogP contribution in [-0.2, 0) is 15.8 Å². The van der Waals surface area contributed by atoms with Gasteiger partial charge in [0.2, 0.25) is 10.0 Å². The molecule has 2 fully saturated rings. The predicted molar refractivity (Wildman–Crippen MR) is 80.4 cm³/mol. The molecule has 0 amide bonds. The molecule has 0 spiro atoms. The number of fused-ring (bicyclic) bond motifs is 2. The number of hydrogen-bond donors (Lipinski definition) is 2. The zero-order valence-corrected chi connectivity index (χ0v) is 12.4. The van der Waals surface area contributed by atoms with Gasteiger partial charge in [-0.2, -0.15) is 0 Å². The lowest BCUT2D eigenvalue weighted by atomic mass is 9.89. The molecular weight excluding hydrogens is 272 g/mol. The van der Waals surface area contributed by atoms with E-state index in [9.17, 15) is 8.42 Å². The van der Waals surface area contributed by atoms with Crippen molar-refractivity contribution < 1.29 is 8.42 Å². The molecule has 2 bridgehead atoms. The van der Waals surface area contributed by atoms with Gasteiger partial charge in [-0.05, 0) is 54.7 Å². The van der Waals surface area contributed by atoms with Crippen molar-refractivity contribution in [2.45, 2.75) is 31.4 Å². The topological polar surface area (TPSA) is 72.2 Å². The van der Waals surface area contributed by atoms with E-state index >= 15 is 0 Å². The lowest BCUT2D eigenvalue weighted by Gasteiger charge is -2.21. The van der Waals surface area contributed by atoms with Gasteiger partial charge in [0.1, 0.15) is 0 Å². The van der Waals surface area contributed by atoms with E-state index in [4.69, 9.17) is 5.73 Å². The fourth-order valence-corrected chi connectivity index (χ4v) is 5.00. The lowest BCUT2D eigenvalue weighted by Crippen LogP contribution is -2.32. The zero-order valence-electron chi connectivity index (χ0n) is 11.6. The summed E-state index contributed by atoms with van der Waals surface area (Å²) < 4.78 is 27.0. The maximum Gasteiger partial charge on any atom is 0.215 e. The van der Waals surface area contributed by atoms with Gasteiger partial charge < -0.3 is 5.73 Å². The van der Waals surface area contributed by atoms with E-state index in [1.54, 1.807) is 24.3 Å². The van der Waals surface area contributed by atoms with E-state index in [-0.39, 0.29) is 5.75 Å². The van der Waals surface area contributed by atoms with Crippen molar-refractivity contribution in [2.24, 2.45) is 17.8 Å². The highest BCUT2D eigenvalue weighted by molar-refractivity contribution is 7.88. The highest BCUT2D eigenvalue weighted by atomic mass is 32.2. The summed E-state index contributed by atoms with van der Waals surface area (Å²) in [6.45, 7) is 0.603. The average molecular weight is 294 g/mol. The normalized spacial score (nSPS) is 28.9. The van der Waals surface area contributed by atoms with E-state index in [0.29, 0.717) is 18.2 Å². The maximum atomic E-state index is 12.1. The largest absolute Gasteiger partial charge is 0.399 e. The first kappa shape index (κ1) is 13.9. The predicted octanol–water partition coefficient (Wildman–Crippen LogP) is 2.12. The molecule has 3 unspecified atom stereocenters. The molecule has 1 aromatic rings. The molecular formula is C15H22N2O2S. The molecule has 0 heterocycles. The van der Waals surface area contributed by atoms with Gasteiger partial charge in [-0.1, -0.05) is 18.6 Å². The van der Waals surface area contributed by atoms with Crippen LogP contribution < -0.4 is 10.5 Å². The number of hydrogen-bond acceptors (Lipinski definition) is 3. The summed E-state index contributed by atoms with van der Waals surface area (Å²) in [7, 11) is -3.26. The minimum atomic E-state index is -3.26. The molecule has 20 heavy (non-hydrogen) atoms. The highest BCUT2D eigenvalue weighted by Crippen LogP contribution is 2.47. The highest BCUT2D eigenvalue weighted by Gasteiger charge is 2.39. The monoisotopic (exact) mass is 294 g/mol. The van der Waals surface area contributed by atoms with E-state index in [0.717, 1.165) is 17.4 Å². The Kier molecular flexibility index (Phi) is 3.73. The summed E-state index contributed by atoms with van der Waals surface area (Å²) in [4.78, 5) is 0. The van der Waals surface area contributed by atoms with Gasteiger partial charge >= 0.3 is 0 Å². The van der Waals surface area contributed by atoms with E-state index in [1.807, 2.05) is 0 Å². The van der Waals surface area contributed by atoms with Gasteiger partial charge in [0.15, 0.2) is 0 Å². The van der Waals surface area contributed by atoms with E-state index in [1.165, 1.54) is 25.7 Å². The molecule has 1 aromatic carbocycles. The van der Waals surface area contributed by atoms with Crippen LogP contribution in [0.25, 0.3) is 0 Å². The molecule has 3 atom stereocenters. The van der Waals surface area contributed by atoms with Crippen LogP contribution in [0.3, 0.4) is 0 Å². The first-order valence-electron chi connectivity index (χ1n) is 7.33. The Morgan fingerprint density at radius 2 is 2.10 bits per heavy atom. The summed E-state index contributed by atoms with van der Waals surface area (Å²) in [5, 5.41) is 0. The molecule has 0 saturated heterocycles. The van der Waals surface area contributed by atoms with Crippen LogP contribution in [0.15, 0.2) is 24.3 Å². The Bertz CT molecular complexity index is 585. The third-order valence-electron chi connectivity index (χ3n) is 4.76. The van der Waals surface area contributed by atoms with Crippen LogP contribution in [0.4, 0.5) is 5.69 Å². The lowest BCUT2D eigenvalue weighted by molar-refractivity contribution is 0.332.